The molecular formula is C40H42O4. The van der Waals surface area contributed by atoms with Gasteiger partial charge in [0.25, 0.3) is 0 Å². The summed E-state index contributed by atoms with van der Waals surface area (Å²) in [6.45, 7) is 12.7. The van der Waals surface area contributed by atoms with E-state index in [-0.39, 0.29) is 33.8 Å². The molecule has 4 nitrogen and oxygen atoms in total. The van der Waals surface area contributed by atoms with Crippen LogP contribution in [0.5, 0.6) is 23.0 Å². The number of aryl methyl sites for hydroxylation is 2. The highest BCUT2D eigenvalue weighted by molar-refractivity contribution is 5.51. The molecule has 4 N–H and O–H groups in total. The zero-order valence-electron chi connectivity index (χ0n) is 26.4. The number of rotatable bonds is 8. The molecule has 0 aromatic heterocycles. The zero-order chi connectivity index (χ0) is 31.8. The lowest BCUT2D eigenvalue weighted by atomic mass is 9.74. The Morgan fingerprint density at radius 3 is 1.00 bits per heavy atom. The summed E-state index contributed by atoms with van der Waals surface area (Å²) in [4.78, 5) is 0. The van der Waals surface area contributed by atoms with E-state index >= 15 is 0 Å². The van der Waals surface area contributed by atoms with Crippen LogP contribution in [-0.2, 0) is 23.7 Å². The number of phenolic OH excluding ortho intramolecular Hbond substituents is 4. The molecular weight excluding hydrogens is 544 g/mol. The molecule has 5 rings (SSSR count). The molecule has 0 radical (unpaired) electrons. The summed E-state index contributed by atoms with van der Waals surface area (Å²) >= 11 is 0. The van der Waals surface area contributed by atoms with E-state index in [0.717, 1.165) is 55.6 Å². The first kappa shape index (κ1) is 30.7. The maximum absolute atomic E-state index is 10.7. The largest absolute Gasteiger partial charge is 0.508 e. The average molecular weight is 587 g/mol. The fraction of sp³-hybridized carbons (Fsp3) is 0.250. The number of hydrogen-bond donors (Lipinski definition) is 4. The normalized spacial score (nSPS) is 12.0. The highest BCUT2D eigenvalue weighted by Crippen LogP contribution is 2.39. The Morgan fingerprint density at radius 2 is 0.659 bits per heavy atom. The summed E-state index contributed by atoms with van der Waals surface area (Å²) in [6, 6.07) is 31.2. The van der Waals surface area contributed by atoms with Gasteiger partial charge in [-0.2, -0.15) is 0 Å². The van der Waals surface area contributed by atoms with Crippen molar-refractivity contribution in [2.45, 2.75) is 65.2 Å². The molecule has 5 aromatic carbocycles. The van der Waals surface area contributed by atoms with Gasteiger partial charge >= 0.3 is 0 Å². The molecule has 0 amide bonds. The molecule has 5 aromatic rings. The van der Waals surface area contributed by atoms with Crippen molar-refractivity contribution in [1.82, 2.24) is 0 Å². The third-order valence-electron chi connectivity index (χ3n) is 9.16. The molecule has 44 heavy (non-hydrogen) atoms. The lowest BCUT2D eigenvalue weighted by Crippen LogP contribution is -2.22. The monoisotopic (exact) mass is 586 g/mol. The van der Waals surface area contributed by atoms with Gasteiger partial charge in [-0.15, -0.1) is 0 Å². The minimum absolute atomic E-state index is 0.216. The van der Waals surface area contributed by atoms with E-state index in [4.69, 9.17) is 0 Å². The Balaban J connectivity index is 1.41. The molecule has 0 aliphatic carbocycles. The number of aromatic hydroxyl groups is 4. The molecule has 0 heterocycles. The van der Waals surface area contributed by atoms with Gasteiger partial charge in [-0.1, -0.05) is 112 Å². The van der Waals surface area contributed by atoms with Gasteiger partial charge in [0.05, 0.1) is 0 Å². The van der Waals surface area contributed by atoms with Crippen LogP contribution in [0.15, 0.2) is 97.1 Å². The van der Waals surface area contributed by atoms with Crippen molar-refractivity contribution in [3.63, 3.8) is 0 Å². The topological polar surface area (TPSA) is 80.9 Å². The molecule has 0 aliphatic heterocycles. The molecule has 0 unspecified atom stereocenters. The predicted molar refractivity (Wildman–Crippen MR) is 178 cm³/mol. The molecule has 0 saturated carbocycles. The van der Waals surface area contributed by atoms with Crippen LogP contribution in [0.3, 0.4) is 0 Å². The minimum Gasteiger partial charge on any atom is -0.508 e. The molecule has 0 fully saturated rings. The van der Waals surface area contributed by atoms with Crippen LogP contribution in [-0.4, -0.2) is 20.4 Å². The van der Waals surface area contributed by atoms with Crippen LogP contribution in [0.4, 0.5) is 0 Å². The van der Waals surface area contributed by atoms with Gasteiger partial charge in [0, 0.05) is 23.7 Å². The number of benzene rings is 5. The second-order valence-corrected chi connectivity index (χ2v) is 13.1. The van der Waals surface area contributed by atoms with E-state index in [2.05, 4.69) is 52.0 Å². The van der Waals surface area contributed by atoms with E-state index in [0.29, 0.717) is 12.8 Å². The highest BCUT2D eigenvalue weighted by atomic mass is 16.3. The Hall–Kier alpha value is -4.70. The summed E-state index contributed by atoms with van der Waals surface area (Å²) in [6.07, 6.45) is 0.878. The molecule has 4 heteroatoms. The van der Waals surface area contributed by atoms with Gasteiger partial charge in [-0.3, -0.25) is 0 Å². The van der Waals surface area contributed by atoms with E-state index in [9.17, 15) is 20.4 Å². The van der Waals surface area contributed by atoms with Gasteiger partial charge in [-0.05, 0) is 82.6 Å². The van der Waals surface area contributed by atoms with E-state index in [1.54, 1.807) is 24.3 Å². The van der Waals surface area contributed by atoms with Crippen molar-refractivity contribution < 1.29 is 20.4 Å². The van der Waals surface area contributed by atoms with Gasteiger partial charge in [0.1, 0.15) is 23.0 Å². The van der Waals surface area contributed by atoms with Gasteiger partial charge < -0.3 is 20.4 Å². The summed E-state index contributed by atoms with van der Waals surface area (Å²) in [7, 11) is 0. The van der Waals surface area contributed by atoms with Gasteiger partial charge in [0.2, 0.25) is 0 Å². The van der Waals surface area contributed by atoms with Crippen LogP contribution in [0.25, 0.3) is 0 Å². The predicted octanol–water partition coefficient (Wildman–Crippen LogP) is 8.96. The first-order valence-electron chi connectivity index (χ1n) is 15.1. The first-order chi connectivity index (χ1) is 20.8. The maximum atomic E-state index is 10.7. The standard InChI is InChI=1S/C40H42O4/c1-25-7-15-35(41)27(19-25)21-29-23-33(13-17-37(29)43)39(3,4)31-9-11-32(12-10-31)40(5,6)34-14-18-38(44)30(24-34)22-28-20-26(2)8-16-36(28)42/h7-20,23-24,41-44H,21-22H2,1-6H3. The van der Waals surface area contributed by atoms with E-state index in [1.807, 2.05) is 62.4 Å². The third kappa shape index (κ3) is 6.16. The van der Waals surface area contributed by atoms with Crippen molar-refractivity contribution >= 4 is 0 Å². The summed E-state index contributed by atoms with van der Waals surface area (Å²) in [5.41, 5.74) is 9.03. The summed E-state index contributed by atoms with van der Waals surface area (Å²) in [5.74, 6) is 0.890. The highest BCUT2D eigenvalue weighted by Gasteiger charge is 2.28. The molecule has 0 bridgehead atoms. The van der Waals surface area contributed by atoms with Crippen LogP contribution in [0.1, 0.15) is 83.3 Å². The summed E-state index contributed by atoms with van der Waals surface area (Å²) in [5, 5.41) is 42.1. The van der Waals surface area contributed by atoms with Crippen molar-refractivity contribution in [2.24, 2.45) is 0 Å². The summed E-state index contributed by atoms with van der Waals surface area (Å²) < 4.78 is 0. The SMILES string of the molecule is Cc1ccc(O)c(Cc2cc(C(C)(C)c3ccc(C(C)(C)c4ccc(O)c(Cc5cc(C)ccc5O)c4)cc3)ccc2O)c1. The fourth-order valence-electron chi connectivity index (χ4n) is 5.99. The molecule has 226 valence electrons. The second kappa shape index (κ2) is 11.8. The first-order valence-corrected chi connectivity index (χ1v) is 15.1. The number of phenols is 4. The molecule has 0 spiro atoms. The van der Waals surface area contributed by atoms with E-state index < -0.39 is 0 Å². The third-order valence-corrected chi connectivity index (χ3v) is 9.16. The Morgan fingerprint density at radius 1 is 0.386 bits per heavy atom. The molecule has 0 aliphatic rings. The van der Waals surface area contributed by atoms with Crippen LogP contribution >= 0.6 is 0 Å². The van der Waals surface area contributed by atoms with Crippen LogP contribution < -0.4 is 0 Å². The number of hydrogen-bond acceptors (Lipinski definition) is 4. The average Bonchev–Trinajstić information content (AvgIpc) is 2.99. The van der Waals surface area contributed by atoms with E-state index in [1.165, 1.54) is 0 Å². The second-order valence-electron chi connectivity index (χ2n) is 13.1. The van der Waals surface area contributed by atoms with Crippen molar-refractivity contribution in [2.75, 3.05) is 0 Å². The van der Waals surface area contributed by atoms with Gasteiger partial charge in [-0.25, -0.2) is 0 Å². The van der Waals surface area contributed by atoms with Crippen LogP contribution in [0, 0.1) is 13.8 Å². The van der Waals surface area contributed by atoms with Crippen LogP contribution in [0.2, 0.25) is 0 Å². The van der Waals surface area contributed by atoms with Crippen molar-refractivity contribution in [1.29, 1.82) is 0 Å². The smallest absolute Gasteiger partial charge is 0.119 e. The van der Waals surface area contributed by atoms with Crippen molar-refractivity contribution in [3.8, 4) is 23.0 Å². The minimum atomic E-state index is -0.332. The Kier molecular flexibility index (Phi) is 8.22. The molecule has 0 saturated heterocycles. The lowest BCUT2D eigenvalue weighted by Gasteiger charge is -2.30. The quantitative estimate of drug-likeness (QED) is 0.146. The van der Waals surface area contributed by atoms with Crippen molar-refractivity contribution in [3.05, 3.63) is 153 Å². The zero-order valence-corrected chi connectivity index (χ0v) is 26.4. The molecule has 0 atom stereocenters. The maximum Gasteiger partial charge on any atom is 0.119 e. The Bertz CT molecular complexity index is 1680. The van der Waals surface area contributed by atoms with Gasteiger partial charge in [0.15, 0.2) is 0 Å². The lowest BCUT2D eigenvalue weighted by molar-refractivity contribution is 0.461. The fourth-order valence-corrected chi connectivity index (χ4v) is 5.99. The Labute approximate surface area is 260 Å².